The normalized spacial score (nSPS) is 12.2. The molecule has 0 amide bonds. The predicted octanol–water partition coefficient (Wildman–Crippen LogP) is 6.50. The maximum atomic E-state index is 13.1. The van der Waals surface area contributed by atoms with Crippen molar-refractivity contribution in [1.82, 2.24) is 14.8 Å². The molecule has 0 fully saturated rings. The summed E-state index contributed by atoms with van der Waals surface area (Å²) in [6.07, 6.45) is -0.410. The van der Waals surface area contributed by atoms with Gasteiger partial charge in [0.1, 0.15) is 11.6 Å². The average Bonchev–Trinajstić information content (AvgIpc) is 3.09. The van der Waals surface area contributed by atoms with Gasteiger partial charge in [-0.2, -0.15) is 0 Å². The lowest BCUT2D eigenvalue weighted by molar-refractivity contribution is 0.102. The number of ether oxygens (including phenoxy) is 1. The van der Waals surface area contributed by atoms with Crippen LogP contribution in [0.25, 0.3) is 0 Å². The van der Waals surface area contributed by atoms with Crippen molar-refractivity contribution < 1.29 is 13.9 Å². The van der Waals surface area contributed by atoms with Crippen LogP contribution in [0.2, 0.25) is 10.0 Å². The Labute approximate surface area is 194 Å². The Morgan fingerprint density at radius 1 is 1.13 bits per heavy atom. The third kappa shape index (κ3) is 6.21. The van der Waals surface area contributed by atoms with Gasteiger partial charge in [-0.15, -0.1) is 10.2 Å². The van der Waals surface area contributed by atoms with Crippen LogP contribution in [-0.2, 0) is 6.54 Å². The highest BCUT2D eigenvalue weighted by atomic mass is 35.5. The number of nitrogens with zero attached hydrogens (tertiary/aromatic N) is 3. The van der Waals surface area contributed by atoms with Gasteiger partial charge in [0.2, 0.25) is 0 Å². The molecule has 1 heterocycles. The van der Waals surface area contributed by atoms with Crippen molar-refractivity contribution in [2.75, 3.05) is 5.75 Å². The van der Waals surface area contributed by atoms with Crippen LogP contribution in [0.1, 0.15) is 43.1 Å². The van der Waals surface area contributed by atoms with E-state index in [1.165, 1.54) is 23.9 Å². The van der Waals surface area contributed by atoms with Crippen molar-refractivity contribution in [3.8, 4) is 5.75 Å². The molecule has 2 aromatic carbocycles. The second-order valence-corrected chi connectivity index (χ2v) is 9.18. The third-order valence-corrected chi connectivity index (χ3v) is 5.86. The Balaban J connectivity index is 1.76. The Kier molecular flexibility index (Phi) is 7.97. The lowest BCUT2D eigenvalue weighted by Crippen LogP contribution is -2.15. The van der Waals surface area contributed by atoms with Gasteiger partial charge in [0.05, 0.1) is 10.8 Å². The summed E-state index contributed by atoms with van der Waals surface area (Å²) in [7, 11) is 0. The first-order valence-electron chi connectivity index (χ1n) is 9.71. The number of aromatic nitrogens is 3. The summed E-state index contributed by atoms with van der Waals surface area (Å²) in [4.78, 5) is 12.6. The zero-order valence-corrected chi connectivity index (χ0v) is 19.6. The molecule has 0 saturated heterocycles. The van der Waals surface area contributed by atoms with Crippen molar-refractivity contribution in [2.45, 2.75) is 38.6 Å². The zero-order chi connectivity index (χ0) is 22.5. The fourth-order valence-corrected chi connectivity index (χ4v) is 4.29. The summed E-state index contributed by atoms with van der Waals surface area (Å²) in [5, 5.41) is 10.0. The monoisotopic (exact) mass is 481 g/mol. The van der Waals surface area contributed by atoms with Crippen molar-refractivity contribution in [1.29, 1.82) is 0 Å². The van der Waals surface area contributed by atoms with Crippen LogP contribution >= 0.6 is 35.0 Å². The highest BCUT2D eigenvalue weighted by molar-refractivity contribution is 7.99. The molecule has 0 aliphatic carbocycles. The van der Waals surface area contributed by atoms with Gasteiger partial charge in [-0.1, -0.05) is 48.8 Å². The largest absolute Gasteiger partial charge is 0.483 e. The molecular weight excluding hydrogens is 460 g/mol. The SMILES string of the molecule is CC(C)Cn1c(SCC(=O)c2ccc(Cl)cc2Cl)nnc1C(C)Oc1ccc(F)cc1. The second kappa shape index (κ2) is 10.5. The predicted molar refractivity (Wildman–Crippen MR) is 122 cm³/mol. The lowest BCUT2D eigenvalue weighted by atomic mass is 10.1. The second-order valence-electron chi connectivity index (χ2n) is 7.40. The van der Waals surface area contributed by atoms with E-state index in [4.69, 9.17) is 27.9 Å². The number of hydrogen-bond donors (Lipinski definition) is 0. The molecular formula is C22H22Cl2FN3O2S. The van der Waals surface area contributed by atoms with Gasteiger partial charge in [-0.25, -0.2) is 4.39 Å². The van der Waals surface area contributed by atoms with E-state index in [-0.39, 0.29) is 17.4 Å². The number of halogens is 3. The summed E-state index contributed by atoms with van der Waals surface area (Å²) in [6, 6.07) is 10.6. The number of carbonyl (C=O) groups excluding carboxylic acids is 1. The van der Waals surface area contributed by atoms with Crippen LogP contribution in [0.3, 0.4) is 0 Å². The van der Waals surface area contributed by atoms with E-state index in [0.29, 0.717) is 44.8 Å². The number of thioether (sulfide) groups is 1. The summed E-state index contributed by atoms with van der Waals surface area (Å²) in [5.74, 6) is 1.21. The number of rotatable bonds is 9. The minimum absolute atomic E-state index is 0.122. The third-order valence-electron chi connectivity index (χ3n) is 4.35. The molecule has 0 bridgehead atoms. The van der Waals surface area contributed by atoms with E-state index in [9.17, 15) is 9.18 Å². The van der Waals surface area contributed by atoms with Gasteiger partial charge in [0.15, 0.2) is 22.9 Å². The van der Waals surface area contributed by atoms with Crippen LogP contribution in [0, 0.1) is 11.7 Å². The van der Waals surface area contributed by atoms with Gasteiger partial charge in [-0.05, 0) is 55.3 Å². The van der Waals surface area contributed by atoms with Crippen molar-refractivity contribution in [3.63, 3.8) is 0 Å². The van der Waals surface area contributed by atoms with E-state index in [1.54, 1.807) is 30.3 Å². The van der Waals surface area contributed by atoms with Crippen molar-refractivity contribution in [3.05, 3.63) is 69.7 Å². The molecule has 1 unspecified atom stereocenters. The van der Waals surface area contributed by atoms with E-state index in [0.717, 1.165) is 0 Å². The first-order chi connectivity index (χ1) is 14.7. The average molecular weight is 482 g/mol. The molecule has 0 radical (unpaired) electrons. The van der Waals surface area contributed by atoms with E-state index in [1.807, 2.05) is 11.5 Å². The zero-order valence-electron chi connectivity index (χ0n) is 17.3. The maximum Gasteiger partial charge on any atom is 0.191 e. The first kappa shape index (κ1) is 23.6. The Morgan fingerprint density at radius 3 is 2.48 bits per heavy atom. The molecule has 5 nitrogen and oxygen atoms in total. The van der Waals surface area contributed by atoms with Crippen LogP contribution in [-0.4, -0.2) is 26.3 Å². The molecule has 1 aromatic heterocycles. The van der Waals surface area contributed by atoms with Crippen molar-refractivity contribution >= 4 is 40.7 Å². The molecule has 3 aromatic rings. The van der Waals surface area contributed by atoms with Crippen LogP contribution in [0.15, 0.2) is 47.6 Å². The summed E-state index contributed by atoms with van der Waals surface area (Å²) < 4.78 is 21.0. The Morgan fingerprint density at radius 2 is 1.84 bits per heavy atom. The van der Waals surface area contributed by atoms with Crippen LogP contribution in [0.5, 0.6) is 5.75 Å². The molecule has 9 heteroatoms. The molecule has 0 saturated carbocycles. The van der Waals surface area contributed by atoms with Crippen molar-refractivity contribution in [2.24, 2.45) is 5.92 Å². The van der Waals surface area contributed by atoms with Gasteiger partial charge in [0.25, 0.3) is 0 Å². The van der Waals surface area contributed by atoms with Gasteiger partial charge in [0, 0.05) is 17.1 Å². The lowest BCUT2D eigenvalue weighted by Gasteiger charge is -2.17. The standard InChI is InChI=1S/C22H22Cl2FN3O2S/c1-13(2)11-28-21(14(3)30-17-7-5-16(25)6-8-17)26-27-22(28)31-12-20(29)18-9-4-15(23)10-19(18)24/h4-10,13-14H,11-12H2,1-3H3. The first-order valence-corrected chi connectivity index (χ1v) is 11.4. The number of ketones is 1. The minimum atomic E-state index is -0.410. The topological polar surface area (TPSA) is 57.0 Å². The summed E-state index contributed by atoms with van der Waals surface area (Å²) in [5.41, 5.74) is 0.418. The number of carbonyl (C=O) groups is 1. The van der Waals surface area contributed by atoms with Gasteiger partial charge < -0.3 is 9.30 Å². The molecule has 0 N–H and O–H groups in total. The molecule has 0 aliphatic rings. The van der Waals surface area contributed by atoms with E-state index in [2.05, 4.69) is 24.0 Å². The fourth-order valence-electron chi connectivity index (χ4n) is 2.94. The number of benzene rings is 2. The summed E-state index contributed by atoms with van der Waals surface area (Å²) >= 11 is 13.4. The van der Waals surface area contributed by atoms with Crippen LogP contribution < -0.4 is 4.74 Å². The Bertz CT molecular complexity index is 1060. The molecule has 3 rings (SSSR count). The van der Waals surface area contributed by atoms with Gasteiger partial charge in [-0.3, -0.25) is 4.79 Å². The van der Waals surface area contributed by atoms with E-state index >= 15 is 0 Å². The maximum absolute atomic E-state index is 13.1. The minimum Gasteiger partial charge on any atom is -0.483 e. The molecule has 164 valence electrons. The number of hydrogen-bond acceptors (Lipinski definition) is 5. The highest BCUT2D eigenvalue weighted by Gasteiger charge is 2.21. The quantitative estimate of drug-likeness (QED) is 0.258. The molecule has 1 atom stereocenters. The fraction of sp³-hybridized carbons (Fsp3) is 0.318. The van der Waals surface area contributed by atoms with Gasteiger partial charge >= 0.3 is 0 Å². The summed E-state index contributed by atoms with van der Waals surface area (Å²) in [6.45, 7) is 6.69. The molecule has 0 aliphatic heterocycles. The molecule has 0 spiro atoms. The molecule has 31 heavy (non-hydrogen) atoms. The Hall–Kier alpha value is -2.09. The highest BCUT2D eigenvalue weighted by Crippen LogP contribution is 2.28. The smallest absolute Gasteiger partial charge is 0.191 e. The van der Waals surface area contributed by atoms with E-state index < -0.39 is 6.10 Å². The van der Waals surface area contributed by atoms with Crippen LogP contribution in [0.4, 0.5) is 4.39 Å². The number of Topliss-reactive ketones (excluding diaryl/α,β-unsaturated/α-hetero) is 1.